The van der Waals surface area contributed by atoms with Gasteiger partial charge in [-0.3, -0.25) is 4.79 Å². The van der Waals surface area contributed by atoms with E-state index < -0.39 is 5.91 Å². The molecule has 2 fully saturated rings. The van der Waals surface area contributed by atoms with Crippen LogP contribution in [0.1, 0.15) is 35.6 Å². The molecule has 7 heteroatoms. The Balaban J connectivity index is 0.00000130. The molecular weight excluding hydrogens is 448 g/mol. The first-order valence-electron chi connectivity index (χ1n) is 12.9. The minimum atomic E-state index is -0.514. The standard InChI is InChI=1S/C27H30N6O.C2H6/c1-18-11-25(27(28)34)29-33(18)24-7-8-26-20(12-24)9-10-31(26)13-19-3-5-23(6-4-19)32-16-21-14-30(2)15-22(21)17-32;1-2/h3-12,21-22H,13-17H2,1-2H3,(H2,28,34);1-2H3. The zero-order chi connectivity index (χ0) is 25.4. The summed E-state index contributed by atoms with van der Waals surface area (Å²) in [6, 6.07) is 19.2. The Hall–Kier alpha value is -3.58. The molecule has 2 aliphatic heterocycles. The predicted octanol–water partition coefficient (Wildman–Crippen LogP) is 4.31. The molecule has 0 radical (unpaired) electrons. The molecule has 0 spiro atoms. The lowest BCUT2D eigenvalue weighted by molar-refractivity contribution is 0.0995. The summed E-state index contributed by atoms with van der Waals surface area (Å²) in [6.07, 6.45) is 2.13. The third kappa shape index (κ3) is 4.51. The first-order valence-corrected chi connectivity index (χ1v) is 12.9. The predicted molar refractivity (Wildman–Crippen MR) is 146 cm³/mol. The van der Waals surface area contributed by atoms with Crippen molar-refractivity contribution in [2.24, 2.45) is 17.6 Å². The fourth-order valence-corrected chi connectivity index (χ4v) is 5.76. The molecule has 4 heterocycles. The number of carbonyl (C=O) groups is 1. The minimum absolute atomic E-state index is 0.281. The number of aromatic nitrogens is 3. The summed E-state index contributed by atoms with van der Waals surface area (Å²) < 4.78 is 4.04. The van der Waals surface area contributed by atoms with Gasteiger partial charge in [0.1, 0.15) is 0 Å². The molecule has 2 saturated heterocycles. The van der Waals surface area contributed by atoms with Gasteiger partial charge in [0.2, 0.25) is 0 Å². The molecular formula is C29H36N6O. The van der Waals surface area contributed by atoms with Crippen molar-refractivity contribution in [3.05, 3.63) is 77.7 Å². The number of benzene rings is 2. The average molecular weight is 485 g/mol. The lowest BCUT2D eigenvalue weighted by Crippen LogP contribution is -2.26. The number of amides is 1. The molecule has 0 bridgehead atoms. The van der Waals surface area contributed by atoms with Crippen LogP contribution < -0.4 is 10.6 Å². The molecule has 2 aromatic heterocycles. The first kappa shape index (κ1) is 24.1. The van der Waals surface area contributed by atoms with Gasteiger partial charge in [0.15, 0.2) is 5.69 Å². The van der Waals surface area contributed by atoms with Crippen molar-refractivity contribution in [3.63, 3.8) is 0 Å². The highest BCUT2D eigenvalue weighted by Crippen LogP contribution is 2.33. The number of nitrogens with zero attached hydrogens (tertiary/aromatic N) is 5. The number of fused-ring (bicyclic) bond motifs is 2. The number of likely N-dealkylation sites (tertiary alicyclic amines) is 1. The van der Waals surface area contributed by atoms with Crippen molar-refractivity contribution in [3.8, 4) is 5.69 Å². The summed E-state index contributed by atoms with van der Waals surface area (Å²) in [5.74, 6) is 1.11. The van der Waals surface area contributed by atoms with Crippen LogP contribution in [0.5, 0.6) is 0 Å². The smallest absolute Gasteiger partial charge is 0.269 e. The van der Waals surface area contributed by atoms with Gasteiger partial charge in [-0.2, -0.15) is 5.10 Å². The van der Waals surface area contributed by atoms with Crippen molar-refractivity contribution < 1.29 is 4.79 Å². The van der Waals surface area contributed by atoms with Gasteiger partial charge in [-0.1, -0.05) is 26.0 Å². The molecule has 36 heavy (non-hydrogen) atoms. The number of hydrogen-bond donors (Lipinski definition) is 1. The molecule has 1 amide bonds. The summed E-state index contributed by atoms with van der Waals surface area (Å²) in [7, 11) is 2.24. The monoisotopic (exact) mass is 484 g/mol. The van der Waals surface area contributed by atoms with Gasteiger partial charge in [-0.05, 0) is 73.8 Å². The number of aryl methyl sites for hydroxylation is 1. The molecule has 2 aromatic carbocycles. The number of primary amides is 1. The van der Waals surface area contributed by atoms with E-state index in [-0.39, 0.29) is 5.69 Å². The topological polar surface area (TPSA) is 72.3 Å². The second-order valence-electron chi connectivity index (χ2n) is 9.95. The molecule has 2 N–H and O–H groups in total. The van der Waals surface area contributed by atoms with Crippen molar-refractivity contribution in [1.29, 1.82) is 0 Å². The maximum atomic E-state index is 11.5. The molecule has 0 aliphatic carbocycles. The lowest BCUT2D eigenvalue weighted by Gasteiger charge is -2.21. The largest absolute Gasteiger partial charge is 0.371 e. The first-order chi connectivity index (χ1) is 17.4. The van der Waals surface area contributed by atoms with Crippen LogP contribution in [0.2, 0.25) is 0 Å². The van der Waals surface area contributed by atoms with E-state index in [9.17, 15) is 4.79 Å². The Bertz CT molecular complexity index is 1350. The average Bonchev–Trinajstić information content (AvgIpc) is 3.63. The highest BCUT2D eigenvalue weighted by atomic mass is 16.1. The highest BCUT2D eigenvalue weighted by Gasteiger charge is 2.38. The molecule has 6 rings (SSSR count). The Morgan fingerprint density at radius 2 is 1.61 bits per heavy atom. The molecule has 2 aliphatic rings. The van der Waals surface area contributed by atoms with Gasteiger partial charge in [0.25, 0.3) is 5.91 Å². The number of hydrogen-bond acceptors (Lipinski definition) is 4. The summed E-state index contributed by atoms with van der Waals surface area (Å²) >= 11 is 0. The van der Waals surface area contributed by atoms with E-state index in [0.29, 0.717) is 0 Å². The van der Waals surface area contributed by atoms with Gasteiger partial charge in [0.05, 0.1) is 5.69 Å². The van der Waals surface area contributed by atoms with Crippen molar-refractivity contribution in [1.82, 2.24) is 19.2 Å². The van der Waals surface area contributed by atoms with Gasteiger partial charge in [-0.25, -0.2) is 4.68 Å². The molecule has 4 aromatic rings. The molecule has 2 unspecified atom stereocenters. The third-order valence-corrected chi connectivity index (χ3v) is 7.46. The number of rotatable bonds is 5. The third-order valence-electron chi connectivity index (χ3n) is 7.46. The summed E-state index contributed by atoms with van der Waals surface area (Å²) in [5, 5.41) is 5.49. The van der Waals surface area contributed by atoms with Crippen LogP contribution in [-0.2, 0) is 6.54 Å². The van der Waals surface area contributed by atoms with Crippen LogP contribution in [-0.4, -0.2) is 58.4 Å². The molecule has 2 atom stereocenters. The van der Waals surface area contributed by atoms with Crippen LogP contribution >= 0.6 is 0 Å². The van der Waals surface area contributed by atoms with E-state index in [0.717, 1.165) is 35.1 Å². The van der Waals surface area contributed by atoms with Gasteiger partial charge in [-0.15, -0.1) is 0 Å². The molecule has 188 valence electrons. The van der Waals surface area contributed by atoms with Gasteiger partial charge >= 0.3 is 0 Å². The fraction of sp³-hybridized carbons (Fsp3) is 0.379. The number of carbonyl (C=O) groups excluding carboxylic acids is 1. The summed E-state index contributed by atoms with van der Waals surface area (Å²) in [6.45, 7) is 11.6. The summed E-state index contributed by atoms with van der Waals surface area (Å²) in [5.41, 5.74) is 11.3. The lowest BCUT2D eigenvalue weighted by atomic mass is 10.0. The SMILES string of the molecule is CC.Cc1cc(C(N)=O)nn1-c1ccc2c(ccn2Cc2ccc(N3CC4CN(C)CC4C3)cc2)c1. The summed E-state index contributed by atoms with van der Waals surface area (Å²) in [4.78, 5) is 16.5. The number of nitrogens with two attached hydrogens (primary N) is 1. The van der Waals surface area contributed by atoms with Crippen LogP contribution in [0.4, 0.5) is 5.69 Å². The Kier molecular flexibility index (Phi) is 6.58. The van der Waals surface area contributed by atoms with Crippen LogP contribution in [0.25, 0.3) is 16.6 Å². The van der Waals surface area contributed by atoms with E-state index in [1.54, 1.807) is 10.7 Å². The second kappa shape index (κ2) is 9.82. The molecule has 7 nitrogen and oxygen atoms in total. The Morgan fingerprint density at radius 3 is 2.25 bits per heavy atom. The van der Waals surface area contributed by atoms with E-state index in [1.165, 1.54) is 42.9 Å². The van der Waals surface area contributed by atoms with Crippen LogP contribution in [0, 0.1) is 18.8 Å². The maximum absolute atomic E-state index is 11.5. The van der Waals surface area contributed by atoms with Crippen molar-refractivity contribution in [2.75, 3.05) is 38.1 Å². The maximum Gasteiger partial charge on any atom is 0.269 e. The number of anilines is 1. The zero-order valence-electron chi connectivity index (χ0n) is 21.7. The quantitative estimate of drug-likeness (QED) is 0.458. The minimum Gasteiger partial charge on any atom is -0.371 e. The Labute approximate surface area is 213 Å². The fourth-order valence-electron chi connectivity index (χ4n) is 5.76. The zero-order valence-corrected chi connectivity index (χ0v) is 21.7. The van der Waals surface area contributed by atoms with Crippen molar-refractivity contribution >= 4 is 22.5 Å². The van der Waals surface area contributed by atoms with E-state index in [4.69, 9.17) is 5.73 Å². The van der Waals surface area contributed by atoms with Crippen LogP contribution in [0.15, 0.2) is 60.8 Å². The van der Waals surface area contributed by atoms with Crippen molar-refractivity contribution in [2.45, 2.75) is 27.3 Å². The van der Waals surface area contributed by atoms with E-state index in [1.807, 2.05) is 26.8 Å². The van der Waals surface area contributed by atoms with Gasteiger partial charge in [0, 0.05) is 61.2 Å². The normalized spacial score (nSPS) is 19.4. The van der Waals surface area contributed by atoms with E-state index in [2.05, 4.69) is 75.2 Å². The van der Waals surface area contributed by atoms with Gasteiger partial charge < -0.3 is 20.1 Å². The van der Waals surface area contributed by atoms with Crippen LogP contribution in [0.3, 0.4) is 0 Å². The highest BCUT2D eigenvalue weighted by molar-refractivity contribution is 5.91. The Morgan fingerprint density at radius 1 is 0.944 bits per heavy atom. The molecule has 0 saturated carbocycles. The van der Waals surface area contributed by atoms with E-state index >= 15 is 0 Å². The second-order valence-corrected chi connectivity index (χ2v) is 9.95.